The van der Waals surface area contributed by atoms with Gasteiger partial charge in [0.1, 0.15) is 0 Å². The van der Waals surface area contributed by atoms with Crippen LogP contribution in [0.4, 0.5) is 0 Å². The van der Waals surface area contributed by atoms with Crippen molar-refractivity contribution in [3.8, 4) is 11.1 Å². The maximum Gasteiger partial charge on any atom is 0.305 e. The van der Waals surface area contributed by atoms with Crippen LogP contribution in [0.15, 0.2) is 47.3 Å². The van der Waals surface area contributed by atoms with Gasteiger partial charge < -0.3 is 9.15 Å². The lowest BCUT2D eigenvalue weighted by molar-refractivity contribution is -0.143. The zero-order valence-electron chi connectivity index (χ0n) is 12.3. The second-order valence-electron chi connectivity index (χ2n) is 5.09. The van der Waals surface area contributed by atoms with Crippen molar-refractivity contribution in [1.29, 1.82) is 0 Å². The van der Waals surface area contributed by atoms with Gasteiger partial charge in [-0.3, -0.25) is 4.79 Å². The summed E-state index contributed by atoms with van der Waals surface area (Å²) in [7, 11) is 0. The Kier molecular flexibility index (Phi) is 5.07. The number of benzene rings is 1. The van der Waals surface area contributed by atoms with E-state index in [0.29, 0.717) is 19.4 Å². The van der Waals surface area contributed by atoms with Crippen LogP contribution in [0.2, 0.25) is 0 Å². The molecule has 2 aromatic rings. The normalized spacial score (nSPS) is 13.7. The largest absolute Gasteiger partial charge is 0.472 e. The summed E-state index contributed by atoms with van der Waals surface area (Å²) in [4.78, 5) is 10.9. The molecule has 1 unspecified atom stereocenters. The highest BCUT2D eigenvalue weighted by Crippen LogP contribution is 2.34. The number of rotatable bonds is 6. The zero-order chi connectivity index (χ0) is 15.3. The van der Waals surface area contributed by atoms with Gasteiger partial charge in [-0.25, -0.2) is 0 Å². The van der Waals surface area contributed by atoms with E-state index in [1.54, 1.807) is 19.5 Å². The summed E-state index contributed by atoms with van der Waals surface area (Å²) in [6.45, 7) is 4.12. The number of alkyl halides is 1. The topological polar surface area (TPSA) is 39.4 Å². The molecule has 1 aromatic carbocycles. The van der Waals surface area contributed by atoms with Crippen molar-refractivity contribution in [2.45, 2.75) is 31.6 Å². The minimum atomic E-state index is -0.582. The van der Waals surface area contributed by atoms with E-state index in [4.69, 9.17) is 20.8 Å². The van der Waals surface area contributed by atoms with Crippen LogP contribution in [-0.2, 0) is 14.4 Å². The van der Waals surface area contributed by atoms with Gasteiger partial charge in [0.05, 0.1) is 24.0 Å². The first kappa shape index (κ1) is 15.6. The molecular weight excluding hydrogens is 288 g/mol. The highest BCUT2D eigenvalue weighted by Gasteiger charge is 2.24. The van der Waals surface area contributed by atoms with E-state index in [-0.39, 0.29) is 5.97 Å². The lowest BCUT2D eigenvalue weighted by atomic mass is 9.93. The molecule has 1 aromatic heterocycles. The Morgan fingerprint density at radius 2 is 1.95 bits per heavy atom. The Hall–Kier alpha value is -1.74. The number of furan rings is 1. The van der Waals surface area contributed by atoms with Crippen LogP contribution in [0.25, 0.3) is 11.1 Å². The molecule has 21 heavy (non-hydrogen) atoms. The van der Waals surface area contributed by atoms with Crippen molar-refractivity contribution in [2.75, 3.05) is 6.61 Å². The van der Waals surface area contributed by atoms with E-state index in [1.165, 1.54) is 0 Å². The molecule has 1 heterocycles. The van der Waals surface area contributed by atoms with Crippen molar-refractivity contribution in [3.63, 3.8) is 0 Å². The molecule has 0 aliphatic carbocycles. The smallest absolute Gasteiger partial charge is 0.305 e. The second kappa shape index (κ2) is 6.81. The molecule has 0 saturated carbocycles. The molecule has 3 nitrogen and oxygen atoms in total. The molecule has 0 aliphatic rings. The third-order valence-corrected chi connectivity index (χ3v) is 3.85. The molecule has 1 atom stereocenters. The molecule has 0 amide bonds. The average molecular weight is 307 g/mol. The van der Waals surface area contributed by atoms with Crippen LogP contribution < -0.4 is 0 Å². The quantitative estimate of drug-likeness (QED) is 0.571. The summed E-state index contributed by atoms with van der Waals surface area (Å²) in [5.74, 6) is -0.209. The van der Waals surface area contributed by atoms with Gasteiger partial charge in [-0.2, -0.15) is 0 Å². The third kappa shape index (κ3) is 4.11. The Morgan fingerprint density at radius 1 is 1.24 bits per heavy atom. The maximum atomic E-state index is 11.4. The molecule has 0 saturated heterocycles. The summed E-state index contributed by atoms with van der Waals surface area (Å²) in [6.07, 6.45) is 4.21. The highest BCUT2D eigenvalue weighted by atomic mass is 35.5. The van der Waals surface area contributed by atoms with E-state index in [0.717, 1.165) is 16.7 Å². The summed E-state index contributed by atoms with van der Waals surface area (Å²) >= 11 is 6.56. The number of esters is 1. The maximum absolute atomic E-state index is 11.4. The van der Waals surface area contributed by atoms with Gasteiger partial charge in [0.2, 0.25) is 0 Å². The first-order chi connectivity index (χ1) is 10.0. The fourth-order valence-corrected chi connectivity index (χ4v) is 2.37. The number of carbonyl (C=O) groups is 1. The van der Waals surface area contributed by atoms with Crippen molar-refractivity contribution in [3.05, 3.63) is 48.4 Å². The van der Waals surface area contributed by atoms with Crippen molar-refractivity contribution in [2.24, 2.45) is 0 Å². The van der Waals surface area contributed by atoms with Crippen LogP contribution in [-0.4, -0.2) is 12.6 Å². The first-order valence-corrected chi connectivity index (χ1v) is 7.38. The molecule has 2 rings (SSSR count). The number of carbonyl (C=O) groups excluding carboxylic acids is 1. The molecule has 0 bridgehead atoms. The predicted octanol–water partition coefficient (Wildman–Crippen LogP) is 4.74. The molecule has 0 spiro atoms. The van der Waals surface area contributed by atoms with Crippen LogP contribution in [0, 0.1) is 0 Å². The average Bonchev–Trinajstić information content (AvgIpc) is 3.00. The van der Waals surface area contributed by atoms with Gasteiger partial charge in [0, 0.05) is 12.0 Å². The fraction of sp³-hybridized carbons (Fsp3) is 0.353. The van der Waals surface area contributed by atoms with Crippen LogP contribution >= 0.6 is 11.6 Å². The minimum Gasteiger partial charge on any atom is -0.472 e. The first-order valence-electron chi connectivity index (χ1n) is 7.00. The van der Waals surface area contributed by atoms with Crippen molar-refractivity contribution < 1.29 is 13.9 Å². The zero-order valence-corrected chi connectivity index (χ0v) is 13.0. The Morgan fingerprint density at radius 3 is 2.52 bits per heavy atom. The van der Waals surface area contributed by atoms with Gasteiger partial charge in [-0.05, 0) is 37.5 Å². The molecule has 0 radical (unpaired) electrons. The molecule has 0 N–H and O–H groups in total. The SMILES string of the molecule is CCOC(=O)CCC(C)(Cl)c1ccc(-c2ccoc2)cc1. The molecule has 4 heteroatoms. The minimum absolute atomic E-state index is 0.209. The summed E-state index contributed by atoms with van der Waals surface area (Å²) in [5, 5.41) is 0. The number of hydrogen-bond acceptors (Lipinski definition) is 3. The summed E-state index contributed by atoms with van der Waals surface area (Å²) in [5.41, 5.74) is 3.09. The van der Waals surface area contributed by atoms with E-state index in [9.17, 15) is 4.79 Å². The van der Waals surface area contributed by atoms with Crippen LogP contribution in [0.1, 0.15) is 32.3 Å². The Balaban J connectivity index is 2.04. The third-order valence-electron chi connectivity index (χ3n) is 3.45. The lowest BCUT2D eigenvalue weighted by Crippen LogP contribution is -2.16. The molecule has 112 valence electrons. The van der Waals surface area contributed by atoms with Crippen LogP contribution in [0.3, 0.4) is 0 Å². The number of ether oxygens (including phenoxy) is 1. The Labute approximate surface area is 129 Å². The number of halogens is 1. The molecule has 0 fully saturated rings. The van der Waals surface area contributed by atoms with Crippen molar-refractivity contribution in [1.82, 2.24) is 0 Å². The summed E-state index contributed by atoms with van der Waals surface area (Å²) < 4.78 is 10.0. The van der Waals surface area contributed by atoms with Crippen molar-refractivity contribution >= 4 is 17.6 Å². The van der Waals surface area contributed by atoms with Gasteiger partial charge in [0.25, 0.3) is 0 Å². The van der Waals surface area contributed by atoms with Crippen LogP contribution in [0.5, 0.6) is 0 Å². The van der Waals surface area contributed by atoms with Gasteiger partial charge in [0.15, 0.2) is 0 Å². The fourth-order valence-electron chi connectivity index (χ4n) is 2.15. The molecule has 0 aliphatic heterocycles. The number of hydrogen-bond donors (Lipinski definition) is 0. The van der Waals surface area contributed by atoms with Gasteiger partial charge >= 0.3 is 5.97 Å². The van der Waals surface area contributed by atoms with E-state index >= 15 is 0 Å². The van der Waals surface area contributed by atoms with E-state index in [1.807, 2.05) is 37.3 Å². The predicted molar refractivity (Wildman–Crippen MR) is 83.2 cm³/mol. The Bertz CT molecular complexity index is 571. The monoisotopic (exact) mass is 306 g/mol. The standard InChI is InChI=1S/C17H19ClO3/c1-3-21-16(19)8-10-17(2,18)15-6-4-13(5-7-15)14-9-11-20-12-14/h4-7,9,11-12H,3,8,10H2,1-2H3. The van der Waals surface area contributed by atoms with Gasteiger partial charge in [-0.15, -0.1) is 11.6 Å². The molecular formula is C17H19ClO3. The van der Waals surface area contributed by atoms with E-state index < -0.39 is 4.87 Å². The van der Waals surface area contributed by atoms with E-state index in [2.05, 4.69) is 0 Å². The van der Waals surface area contributed by atoms with Gasteiger partial charge in [-0.1, -0.05) is 24.3 Å². The lowest BCUT2D eigenvalue weighted by Gasteiger charge is -2.22. The highest BCUT2D eigenvalue weighted by molar-refractivity contribution is 6.23. The second-order valence-corrected chi connectivity index (χ2v) is 5.93. The summed E-state index contributed by atoms with van der Waals surface area (Å²) in [6, 6.07) is 9.90.